The summed E-state index contributed by atoms with van der Waals surface area (Å²) in [4.78, 5) is 0. The van der Waals surface area contributed by atoms with Gasteiger partial charge in [-0.05, 0) is 25.0 Å². The van der Waals surface area contributed by atoms with Crippen molar-refractivity contribution in [2.24, 2.45) is 0 Å². The van der Waals surface area contributed by atoms with E-state index in [9.17, 15) is 8.42 Å². The predicted octanol–water partition coefficient (Wildman–Crippen LogP) is 1.06. The third-order valence-corrected chi connectivity index (χ3v) is 3.99. The first kappa shape index (κ1) is 8.77. The molecule has 1 fully saturated rings. The van der Waals surface area contributed by atoms with Gasteiger partial charge in [0.25, 0.3) is 10.0 Å². The molecular weight excluding hydrogens is 190 g/mol. The minimum Gasteiger partial charge on any atom is -0.452 e. The standard InChI is InChI=1S/C8H11NO3S/c1-9(7-4-5-7)13(10,11)8-3-2-6-12-8/h2-3,6-7H,4-5H2,1H3. The minimum absolute atomic E-state index is 0.0295. The smallest absolute Gasteiger partial charge is 0.276 e. The van der Waals surface area contributed by atoms with Crippen molar-refractivity contribution in [1.82, 2.24) is 4.31 Å². The lowest BCUT2D eigenvalue weighted by Gasteiger charge is -2.13. The van der Waals surface area contributed by atoms with E-state index in [0.29, 0.717) is 0 Å². The van der Waals surface area contributed by atoms with Crippen molar-refractivity contribution < 1.29 is 12.8 Å². The molecular formula is C8H11NO3S. The number of nitrogens with zero attached hydrogens (tertiary/aromatic N) is 1. The fourth-order valence-corrected chi connectivity index (χ4v) is 2.50. The molecule has 4 nitrogen and oxygen atoms in total. The zero-order valence-electron chi connectivity index (χ0n) is 7.30. The molecule has 0 aliphatic heterocycles. The average Bonchev–Trinajstić information content (AvgIpc) is 2.78. The SMILES string of the molecule is CN(C1CC1)S(=O)(=O)c1ccco1. The van der Waals surface area contributed by atoms with Gasteiger partial charge in [0.05, 0.1) is 6.26 Å². The fourth-order valence-electron chi connectivity index (χ4n) is 1.19. The van der Waals surface area contributed by atoms with Crippen molar-refractivity contribution in [3.05, 3.63) is 18.4 Å². The molecule has 2 rings (SSSR count). The molecule has 0 bridgehead atoms. The van der Waals surface area contributed by atoms with Crippen molar-refractivity contribution in [3.8, 4) is 0 Å². The van der Waals surface area contributed by atoms with Crippen LogP contribution in [0.3, 0.4) is 0 Å². The molecule has 0 spiro atoms. The summed E-state index contributed by atoms with van der Waals surface area (Å²) in [5, 5.41) is 0.0295. The maximum absolute atomic E-state index is 11.7. The van der Waals surface area contributed by atoms with E-state index in [1.807, 2.05) is 0 Å². The minimum atomic E-state index is -3.37. The number of hydrogen-bond acceptors (Lipinski definition) is 3. The molecule has 1 aromatic rings. The summed E-state index contributed by atoms with van der Waals surface area (Å²) in [7, 11) is -1.77. The Labute approximate surface area is 77.2 Å². The number of hydrogen-bond donors (Lipinski definition) is 0. The second kappa shape index (κ2) is 2.85. The zero-order chi connectivity index (χ0) is 9.47. The normalized spacial score (nSPS) is 18.0. The van der Waals surface area contributed by atoms with Gasteiger partial charge >= 0.3 is 0 Å². The lowest BCUT2D eigenvalue weighted by molar-refractivity contribution is 0.406. The Morgan fingerprint density at radius 3 is 2.69 bits per heavy atom. The highest BCUT2D eigenvalue weighted by atomic mass is 32.2. The van der Waals surface area contributed by atoms with Crippen molar-refractivity contribution >= 4 is 10.0 Å². The van der Waals surface area contributed by atoms with Crippen LogP contribution in [0.15, 0.2) is 27.9 Å². The van der Waals surface area contributed by atoms with Crippen molar-refractivity contribution in [3.63, 3.8) is 0 Å². The largest absolute Gasteiger partial charge is 0.452 e. The average molecular weight is 201 g/mol. The Balaban J connectivity index is 2.30. The molecule has 0 saturated heterocycles. The molecule has 13 heavy (non-hydrogen) atoms. The quantitative estimate of drug-likeness (QED) is 0.734. The van der Waals surface area contributed by atoms with Gasteiger partial charge in [0.15, 0.2) is 0 Å². The topological polar surface area (TPSA) is 50.5 Å². The van der Waals surface area contributed by atoms with E-state index in [-0.39, 0.29) is 11.1 Å². The van der Waals surface area contributed by atoms with Crippen molar-refractivity contribution in [2.75, 3.05) is 7.05 Å². The van der Waals surface area contributed by atoms with Gasteiger partial charge in [-0.1, -0.05) is 0 Å². The van der Waals surface area contributed by atoms with Crippen LogP contribution in [0.4, 0.5) is 0 Å². The van der Waals surface area contributed by atoms with Crippen LogP contribution >= 0.6 is 0 Å². The summed E-state index contributed by atoms with van der Waals surface area (Å²) in [5.74, 6) is 0. The van der Waals surface area contributed by atoms with Gasteiger partial charge in [0.2, 0.25) is 5.09 Å². The lowest BCUT2D eigenvalue weighted by Crippen LogP contribution is -2.28. The highest BCUT2D eigenvalue weighted by molar-refractivity contribution is 7.89. The van der Waals surface area contributed by atoms with Gasteiger partial charge in [-0.3, -0.25) is 0 Å². The third-order valence-electron chi connectivity index (χ3n) is 2.19. The highest BCUT2D eigenvalue weighted by Crippen LogP contribution is 2.30. The monoisotopic (exact) mass is 201 g/mol. The van der Waals surface area contributed by atoms with Gasteiger partial charge in [-0.2, -0.15) is 4.31 Å². The maximum Gasteiger partial charge on any atom is 0.276 e. The van der Waals surface area contributed by atoms with Gasteiger partial charge in [-0.15, -0.1) is 0 Å². The predicted molar refractivity (Wildman–Crippen MR) is 46.7 cm³/mol. The summed E-state index contributed by atoms with van der Waals surface area (Å²) in [6.07, 6.45) is 3.28. The molecule has 1 aliphatic carbocycles. The molecule has 1 aromatic heterocycles. The molecule has 0 N–H and O–H groups in total. The van der Waals surface area contributed by atoms with Gasteiger partial charge in [0.1, 0.15) is 0 Å². The Bertz CT molecular complexity index is 378. The van der Waals surface area contributed by atoms with Gasteiger partial charge in [-0.25, -0.2) is 8.42 Å². The summed E-state index contributed by atoms with van der Waals surface area (Å²) < 4.78 is 29.7. The third kappa shape index (κ3) is 1.49. The van der Waals surface area contributed by atoms with E-state index in [1.165, 1.54) is 16.6 Å². The molecule has 5 heteroatoms. The summed E-state index contributed by atoms with van der Waals surface area (Å²) >= 11 is 0. The molecule has 0 radical (unpaired) electrons. The molecule has 0 aromatic carbocycles. The Hall–Kier alpha value is -0.810. The van der Waals surface area contributed by atoms with Crippen LogP contribution in [0.5, 0.6) is 0 Å². The maximum atomic E-state index is 11.7. The van der Waals surface area contributed by atoms with Crippen LogP contribution in [0.2, 0.25) is 0 Å². The molecule has 1 heterocycles. The summed E-state index contributed by atoms with van der Waals surface area (Å²) in [6.45, 7) is 0. The van der Waals surface area contributed by atoms with E-state index in [1.54, 1.807) is 13.1 Å². The Morgan fingerprint density at radius 2 is 2.23 bits per heavy atom. The first-order valence-electron chi connectivity index (χ1n) is 4.14. The van der Waals surface area contributed by atoms with E-state index in [2.05, 4.69) is 0 Å². The first-order chi connectivity index (χ1) is 6.12. The molecule has 72 valence electrons. The molecule has 1 aliphatic rings. The lowest BCUT2D eigenvalue weighted by atomic mass is 10.7. The van der Waals surface area contributed by atoms with Crippen LogP contribution < -0.4 is 0 Å². The van der Waals surface area contributed by atoms with E-state index in [0.717, 1.165) is 12.8 Å². The van der Waals surface area contributed by atoms with E-state index < -0.39 is 10.0 Å². The highest BCUT2D eigenvalue weighted by Gasteiger charge is 2.36. The van der Waals surface area contributed by atoms with Crippen LogP contribution in [-0.2, 0) is 10.0 Å². The van der Waals surface area contributed by atoms with Crippen molar-refractivity contribution in [1.29, 1.82) is 0 Å². The number of rotatable bonds is 3. The molecule has 0 atom stereocenters. The molecule has 0 unspecified atom stereocenters. The van der Waals surface area contributed by atoms with Gasteiger partial charge in [0, 0.05) is 13.1 Å². The fraction of sp³-hybridized carbons (Fsp3) is 0.500. The molecule has 0 amide bonds. The van der Waals surface area contributed by atoms with Crippen molar-refractivity contribution in [2.45, 2.75) is 24.0 Å². The van der Waals surface area contributed by atoms with Crippen LogP contribution in [0.1, 0.15) is 12.8 Å². The number of furan rings is 1. The van der Waals surface area contributed by atoms with Crippen LogP contribution in [0, 0.1) is 0 Å². The van der Waals surface area contributed by atoms with E-state index >= 15 is 0 Å². The second-order valence-corrected chi connectivity index (χ2v) is 5.11. The number of sulfonamides is 1. The second-order valence-electron chi connectivity index (χ2n) is 3.18. The summed E-state index contributed by atoms with van der Waals surface area (Å²) in [5.41, 5.74) is 0. The summed E-state index contributed by atoms with van der Waals surface area (Å²) in [6, 6.07) is 3.22. The van der Waals surface area contributed by atoms with Crippen LogP contribution in [-0.4, -0.2) is 25.8 Å². The van der Waals surface area contributed by atoms with Gasteiger partial charge < -0.3 is 4.42 Å². The first-order valence-corrected chi connectivity index (χ1v) is 5.58. The Morgan fingerprint density at radius 1 is 1.54 bits per heavy atom. The Kier molecular flexibility index (Phi) is 1.92. The van der Waals surface area contributed by atoms with E-state index in [4.69, 9.17) is 4.42 Å². The van der Waals surface area contributed by atoms with Crippen LogP contribution in [0.25, 0.3) is 0 Å². The zero-order valence-corrected chi connectivity index (χ0v) is 8.12. The molecule has 1 saturated carbocycles.